The Morgan fingerprint density at radius 3 is 2.73 bits per heavy atom. The Labute approximate surface area is 88.4 Å². The number of aryl methyl sites for hydroxylation is 2. The average molecular weight is 202 g/mol. The molecule has 0 aliphatic heterocycles. The van der Waals surface area contributed by atoms with Crippen LogP contribution in [-0.4, -0.2) is 19.6 Å². The molecule has 2 atom stereocenters. The van der Waals surface area contributed by atoms with Crippen LogP contribution in [0.2, 0.25) is 0 Å². The first kappa shape index (κ1) is 8.83. The highest BCUT2D eigenvalue weighted by Gasteiger charge is 2.37. The van der Waals surface area contributed by atoms with Gasteiger partial charge in [0.05, 0.1) is 0 Å². The summed E-state index contributed by atoms with van der Waals surface area (Å²) in [5.74, 6) is 3.21. The predicted octanol–water partition coefficient (Wildman–Crippen LogP) is 1.86. The van der Waals surface area contributed by atoms with Crippen molar-refractivity contribution in [1.29, 1.82) is 0 Å². The fourth-order valence-corrected chi connectivity index (χ4v) is 1.95. The van der Waals surface area contributed by atoms with Crippen LogP contribution in [0.15, 0.2) is 6.20 Å². The molecule has 0 bridgehead atoms. The van der Waals surface area contributed by atoms with Crippen LogP contribution < -0.4 is 0 Å². The topological polar surface area (TPSA) is 43.1 Å². The number of hydrogen-bond donors (Lipinski definition) is 0. The van der Waals surface area contributed by atoms with Crippen LogP contribution >= 0.6 is 0 Å². The Bertz CT molecular complexity index is 490. The molecular weight excluding hydrogens is 188 g/mol. The van der Waals surface area contributed by atoms with Gasteiger partial charge in [0.1, 0.15) is 5.82 Å². The third-order valence-corrected chi connectivity index (χ3v) is 3.17. The van der Waals surface area contributed by atoms with Crippen molar-refractivity contribution >= 4 is 5.65 Å². The number of fused-ring (bicyclic) bond motifs is 1. The van der Waals surface area contributed by atoms with Crippen molar-refractivity contribution in [3.8, 4) is 0 Å². The molecule has 2 heterocycles. The Kier molecular flexibility index (Phi) is 1.63. The zero-order valence-electron chi connectivity index (χ0n) is 9.23. The van der Waals surface area contributed by atoms with Crippen molar-refractivity contribution in [2.75, 3.05) is 0 Å². The average Bonchev–Trinajstić information content (AvgIpc) is 2.79. The lowest BCUT2D eigenvalue weighted by Gasteiger charge is -1.97. The van der Waals surface area contributed by atoms with Crippen molar-refractivity contribution in [1.82, 2.24) is 19.6 Å². The van der Waals surface area contributed by atoms with Crippen LogP contribution in [0.5, 0.6) is 0 Å². The summed E-state index contributed by atoms with van der Waals surface area (Å²) >= 11 is 0. The SMILES string of the molecule is Cc1cnc(C)n2nc(C3CC3C)nc12. The highest BCUT2D eigenvalue weighted by molar-refractivity contribution is 5.45. The molecule has 2 unspecified atom stereocenters. The summed E-state index contributed by atoms with van der Waals surface area (Å²) in [5, 5.41) is 4.53. The Morgan fingerprint density at radius 1 is 1.40 bits per heavy atom. The summed E-state index contributed by atoms with van der Waals surface area (Å²) in [6, 6.07) is 0. The lowest BCUT2D eigenvalue weighted by Crippen LogP contribution is -1.98. The fraction of sp³-hybridized carbons (Fsp3) is 0.545. The molecule has 3 rings (SSSR count). The highest BCUT2D eigenvalue weighted by atomic mass is 15.3. The number of nitrogens with zero attached hydrogens (tertiary/aromatic N) is 4. The molecule has 15 heavy (non-hydrogen) atoms. The van der Waals surface area contributed by atoms with Gasteiger partial charge in [0.2, 0.25) is 0 Å². The van der Waals surface area contributed by atoms with E-state index in [4.69, 9.17) is 0 Å². The molecule has 0 saturated heterocycles. The van der Waals surface area contributed by atoms with Crippen LogP contribution in [0.1, 0.15) is 36.5 Å². The van der Waals surface area contributed by atoms with E-state index in [1.54, 1.807) is 0 Å². The quantitative estimate of drug-likeness (QED) is 0.709. The molecule has 1 saturated carbocycles. The number of hydrogen-bond acceptors (Lipinski definition) is 3. The second kappa shape index (κ2) is 2.78. The third kappa shape index (κ3) is 1.24. The van der Waals surface area contributed by atoms with Crippen LogP contribution in [0.3, 0.4) is 0 Å². The van der Waals surface area contributed by atoms with Gasteiger partial charge in [0, 0.05) is 17.7 Å². The first-order chi connectivity index (χ1) is 7.16. The van der Waals surface area contributed by atoms with Gasteiger partial charge in [0.25, 0.3) is 0 Å². The predicted molar refractivity (Wildman–Crippen MR) is 56.8 cm³/mol. The van der Waals surface area contributed by atoms with Crippen LogP contribution in [-0.2, 0) is 0 Å². The smallest absolute Gasteiger partial charge is 0.162 e. The molecule has 1 aliphatic rings. The van der Waals surface area contributed by atoms with Crippen molar-refractivity contribution in [3.63, 3.8) is 0 Å². The molecular formula is C11H14N4. The van der Waals surface area contributed by atoms with Gasteiger partial charge in [-0.25, -0.2) is 9.97 Å². The van der Waals surface area contributed by atoms with E-state index < -0.39 is 0 Å². The van der Waals surface area contributed by atoms with Crippen molar-refractivity contribution in [2.45, 2.75) is 33.1 Å². The normalized spacial score (nSPS) is 24.7. The lowest BCUT2D eigenvalue weighted by molar-refractivity contribution is 0.797. The first-order valence-electron chi connectivity index (χ1n) is 5.35. The first-order valence-corrected chi connectivity index (χ1v) is 5.35. The molecule has 4 heteroatoms. The summed E-state index contributed by atoms with van der Waals surface area (Å²) in [4.78, 5) is 8.88. The monoisotopic (exact) mass is 202 g/mol. The zero-order valence-corrected chi connectivity index (χ0v) is 9.23. The largest absolute Gasteiger partial charge is 0.241 e. The summed E-state index contributed by atoms with van der Waals surface area (Å²) in [5.41, 5.74) is 2.05. The van der Waals surface area contributed by atoms with Gasteiger partial charge in [-0.05, 0) is 26.2 Å². The second-order valence-corrected chi connectivity index (χ2v) is 4.51. The molecule has 1 aliphatic carbocycles. The van der Waals surface area contributed by atoms with Gasteiger partial charge in [-0.15, -0.1) is 5.10 Å². The Hall–Kier alpha value is -1.45. The maximum absolute atomic E-state index is 4.60. The molecule has 2 aromatic heterocycles. The minimum absolute atomic E-state index is 0.573. The number of aromatic nitrogens is 4. The maximum atomic E-state index is 4.60. The minimum atomic E-state index is 0.573. The summed E-state index contributed by atoms with van der Waals surface area (Å²) in [6.45, 7) is 6.23. The Morgan fingerprint density at radius 2 is 2.13 bits per heavy atom. The molecule has 0 spiro atoms. The van der Waals surface area contributed by atoms with E-state index in [2.05, 4.69) is 22.0 Å². The summed E-state index contributed by atoms with van der Waals surface area (Å²) < 4.78 is 1.86. The summed E-state index contributed by atoms with van der Waals surface area (Å²) in [6.07, 6.45) is 3.09. The van der Waals surface area contributed by atoms with Crippen LogP contribution in [0.4, 0.5) is 0 Å². The van der Waals surface area contributed by atoms with E-state index in [1.165, 1.54) is 6.42 Å². The van der Waals surface area contributed by atoms with Gasteiger partial charge >= 0.3 is 0 Å². The van der Waals surface area contributed by atoms with Crippen molar-refractivity contribution < 1.29 is 0 Å². The van der Waals surface area contributed by atoms with Crippen molar-refractivity contribution in [3.05, 3.63) is 23.4 Å². The molecule has 0 N–H and O–H groups in total. The minimum Gasteiger partial charge on any atom is -0.241 e. The van der Waals surface area contributed by atoms with Gasteiger partial charge in [-0.3, -0.25) is 0 Å². The number of rotatable bonds is 1. The van der Waals surface area contributed by atoms with Gasteiger partial charge in [-0.2, -0.15) is 4.52 Å². The maximum Gasteiger partial charge on any atom is 0.162 e. The third-order valence-electron chi connectivity index (χ3n) is 3.17. The van der Waals surface area contributed by atoms with Crippen molar-refractivity contribution in [2.24, 2.45) is 5.92 Å². The van der Waals surface area contributed by atoms with E-state index in [9.17, 15) is 0 Å². The van der Waals surface area contributed by atoms with Gasteiger partial charge in [0.15, 0.2) is 11.5 Å². The van der Waals surface area contributed by atoms with Gasteiger partial charge in [-0.1, -0.05) is 6.92 Å². The molecule has 2 aromatic rings. The lowest BCUT2D eigenvalue weighted by atomic mass is 10.3. The zero-order chi connectivity index (χ0) is 10.6. The Balaban J connectivity index is 2.21. The fourth-order valence-electron chi connectivity index (χ4n) is 1.95. The molecule has 0 aromatic carbocycles. The van der Waals surface area contributed by atoms with E-state index in [0.717, 1.165) is 28.8 Å². The standard InChI is InChI=1S/C11H14N4/c1-6-4-9(6)10-13-11-7(2)5-12-8(3)15(11)14-10/h5-6,9H,4H2,1-3H3. The second-order valence-electron chi connectivity index (χ2n) is 4.51. The van der Waals surface area contributed by atoms with E-state index >= 15 is 0 Å². The molecule has 4 nitrogen and oxygen atoms in total. The highest BCUT2D eigenvalue weighted by Crippen LogP contribution is 2.45. The molecule has 78 valence electrons. The molecule has 0 radical (unpaired) electrons. The van der Waals surface area contributed by atoms with Gasteiger partial charge < -0.3 is 0 Å². The van der Waals surface area contributed by atoms with Crippen LogP contribution in [0.25, 0.3) is 5.65 Å². The van der Waals surface area contributed by atoms with Crippen LogP contribution in [0, 0.1) is 19.8 Å². The van der Waals surface area contributed by atoms with E-state index in [1.807, 2.05) is 24.6 Å². The summed E-state index contributed by atoms with van der Waals surface area (Å²) in [7, 11) is 0. The van der Waals surface area contributed by atoms with E-state index in [0.29, 0.717) is 5.92 Å². The molecule has 0 amide bonds. The van der Waals surface area contributed by atoms with E-state index in [-0.39, 0.29) is 0 Å². The molecule has 1 fully saturated rings.